The second kappa shape index (κ2) is 5.12. The van der Waals surface area contributed by atoms with Gasteiger partial charge in [0.1, 0.15) is 0 Å². The van der Waals surface area contributed by atoms with Crippen molar-refractivity contribution in [1.29, 1.82) is 0 Å². The standard InChI is InChI=1S/C8H10O4/c1-6(5-7(9)10)3-4-8(11)12-2/h3-5H,1-2H3,(H,9,10)/b4-3-,6-5-. The highest BCUT2D eigenvalue weighted by molar-refractivity contribution is 5.84. The van der Waals surface area contributed by atoms with Gasteiger partial charge < -0.3 is 9.84 Å². The number of ether oxygens (including phenoxy) is 1. The smallest absolute Gasteiger partial charge is 0.330 e. The van der Waals surface area contributed by atoms with E-state index in [4.69, 9.17) is 5.11 Å². The van der Waals surface area contributed by atoms with Crippen molar-refractivity contribution in [3.63, 3.8) is 0 Å². The van der Waals surface area contributed by atoms with Crippen molar-refractivity contribution >= 4 is 11.9 Å². The monoisotopic (exact) mass is 170 g/mol. The summed E-state index contributed by atoms with van der Waals surface area (Å²) in [6, 6.07) is 0. The van der Waals surface area contributed by atoms with Crippen molar-refractivity contribution in [1.82, 2.24) is 0 Å². The van der Waals surface area contributed by atoms with Gasteiger partial charge in [-0.25, -0.2) is 9.59 Å². The van der Waals surface area contributed by atoms with Crippen LogP contribution in [0.5, 0.6) is 0 Å². The molecule has 66 valence electrons. The van der Waals surface area contributed by atoms with Gasteiger partial charge in [0.05, 0.1) is 7.11 Å². The zero-order chi connectivity index (χ0) is 9.56. The molecule has 0 rings (SSSR count). The summed E-state index contributed by atoms with van der Waals surface area (Å²) >= 11 is 0. The molecule has 0 aliphatic rings. The van der Waals surface area contributed by atoms with Crippen molar-refractivity contribution in [2.45, 2.75) is 6.92 Å². The summed E-state index contributed by atoms with van der Waals surface area (Å²) in [4.78, 5) is 20.6. The molecule has 0 heterocycles. The van der Waals surface area contributed by atoms with Crippen LogP contribution < -0.4 is 0 Å². The Bertz CT molecular complexity index is 237. The molecular weight excluding hydrogens is 160 g/mol. The molecule has 0 spiro atoms. The number of hydrogen-bond acceptors (Lipinski definition) is 3. The third-order valence-electron chi connectivity index (χ3n) is 1.03. The van der Waals surface area contributed by atoms with E-state index in [0.717, 1.165) is 12.2 Å². The second-order valence-corrected chi connectivity index (χ2v) is 2.08. The molecule has 1 N–H and O–H groups in total. The lowest BCUT2D eigenvalue weighted by Crippen LogP contribution is -1.94. The van der Waals surface area contributed by atoms with Crippen LogP contribution in [0.4, 0.5) is 0 Å². The SMILES string of the molecule is COC(=O)/C=C\C(C)=C/C(=O)O. The normalized spacial score (nSPS) is 11.7. The van der Waals surface area contributed by atoms with Gasteiger partial charge >= 0.3 is 11.9 Å². The second-order valence-electron chi connectivity index (χ2n) is 2.08. The Labute approximate surface area is 70.1 Å². The summed E-state index contributed by atoms with van der Waals surface area (Å²) in [6.45, 7) is 1.58. The fourth-order valence-electron chi connectivity index (χ4n) is 0.510. The molecule has 0 radical (unpaired) electrons. The minimum Gasteiger partial charge on any atom is -0.478 e. The number of allylic oxidation sites excluding steroid dienone is 2. The number of carbonyl (C=O) groups excluding carboxylic acids is 1. The molecule has 0 saturated carbocycles. The van der Waals surface area contributed by atoms with Gasteiger partial charge in [0.2, 0.25) is 0 Å². The van der Waals surface area contributed by atoms with Crippen LogP contribution in [0, 0.1) is 0 Å². The Morgan fingerprint density at radius 3 is 2.33 bits per heavy atom. The molecular formula is C8H10O4. The van der Waals surface area contributed by atoms with Crippen LogP contribution >= 0.6 is 0 Å². The maximum Gasteiger partial charge on any atom is 0.330 e. The first-order chi connectivity index (χ1) is 5.56. The fourth-order valence-corrected chi connectivity index (χ4v) is 0.510. The first-order valence-electron chi connectivity index (χ1n) is 3.23. The summed E-state index contributed by atoms with van der Waals surface area (Å²) < 4.78 is 4.31. The molecule has 0 aromatic rings. The molecule has 0 amide bonds. The maximum absolute atomic E-state index is 10.5. The topological polar surface area (TPSA) is 63.6 Å². The van der Waals surface area contributed by atoms with E-state index >= 15 is 0 Å². The lowest BCUT2D eigenvalue weighted by Gasteiger charge is -1.90. The van der Waals surface area contributed by atoms with Gasteiger partial charge in [-0.15, -0.1) is 0 Å². The quantitative estimate of drug-likeness (QED) is 0.385. The van der Waals surface area contributed by atoms with Crippen molar-refractivity contribution < 1.29 is 19.4 Å². The predicted octanol–water partition coefficient (Wildman–Crippen LogP) is 0.746. The lowest BCUT2D eigenvalue weighted by atomic mass is 10.2. The number of esters is 1. The minimum atomic E-state index is -1.04. The molecule has 0 unspecified atom stereocenters. The first kappa shape index (κ1) is 10.4. The van der Waals surface area contributed by atoms with Gasteiger partial charge in [0.25, 0.3) is 0 Å². The largest absolute Gasteiger partial charge is 0.478 e. The van der Waals surface area contributed by atoms with Crippen LogP contribution in [-0.2, 0) is 14.3 Å². The minimum absolute atomic E-state index is 0.480. The van der Waals surface area contributed by atoms with Crippen LogP contribution in [0.15, 0.2) is 23.8 Å². The molecule has 0 aromatic carbocycles. The van der Waals surface area contributed by atoms with Crippen molar-refractivity contribution in [3.8, 4) is 0 Å². The Kier molecular flexibility index (Phi) is 4.45. The third-order valence-corrected chi connectivity index (χ3v) is 1.03. The van der Waals surface area contributed by atoms with Gasteiger partial charge in [-0.1, -0.05) is 6.08 Å². The zero-order valence-corrected chi connectivity index (χ0v) is 6.90. The number of carboxylic acid groups (broad SMARTS) is 1. The van der Waals surface area contributed by atoms with E-state index in [9.17, 15) is 9.59 Å². The van der Waals surface area contributed by atoms with Crippen molar-refractivity contribution in [2.24, 2.45) is 0 Å². The number of hydrogen-bond donors (Lipinski definition) is 1. The lowest BCUT2D eigenvalue weighted by molar-refractivity contribution is -0.135. The van der Waals surface area contributed by atoms with Crippen LogP contribution in [0.2, 0.25) is 0 Å². The highest BCUT2D eigenvalue weighted by atomic mass is 16.5. The summed E-state index contributed by atoms with van der Waals surface area (Å²) in [5.41, 5.74) is 0.480. The number of methoxy groups -OCH3 is 1. The Morgan fingerprint density at radius 2 is 1.92 bits per heavy atom. The van der Waals surface area contributed by atoms with Gasteiger partial charge in [0.15, 0.2) is 0 Å². The Morgan fingerprint density at radius 1 is 1.33 bits per heavy atom. The van der Waals surface area contributed by atoms with Crippen LogP contribution in [0.3, 0.4) is 0 Å². The van der Waals surface area contributed by atoms with Crippen LogP contribution in [0.25, 0.3) is 0 Å². The summed E-state index contributed by atoms with van der Waals surface area (Å²) in [5, 5.41) is 8.28. The van der Waals surface area contributed by atoms with E-state index in [2.05, 4.69) is 4.74 Å². The molecule has 0 atom stereocenters. The first-order valence-corrected chi connectivity index (χ1v) is 3.23. The molecule has 0 bridgehead atoms. The molecule has 12 heavy (non-hydrogen) atoms. The zero-order valence-electron chi connectivity index (χ0n) is 6.90. The average Bonchev–Trinajstić information content (AvgIpc) is 1.99. The van der Waals surface area contributed by atoms with Crippen LogP contribution in [-0.4, -0.2) is 24.2 Å². The highest BCUT2D eigenvalue weighted by Gasteiger charge is 1.92. The van der Waals surface area contributed by atoms with E-state index in [1.54, 1.807) is 6.92 Å². The van der Waals surface area contributed by atoms with Gasteiger partial charge in [-0.2, -0.15) is 0 Å². The number of carbonyl (C=O) groups is 2. The molecule has 0 aliphatic carbocycles. The number of aliphatic carboxylic acids is 1. The summed E-state index contributed by atoms with van der Waals surface area (Å²) in [5.74, 6) is -1.55. The number of rotatable bonds is 3. The highest BCUT2D eigenvalue weighted by Crippen LogP contribution is 1.94. The van der Waals surface area contributed by atoms with E-state index in [1.165, 1.54) is 13.2 Å². The molecule has 4 nitrogen and oxygen atoms in total. The fraction of sp³-hybridized carbons (Fsp3) is 0.250. The van der Waals surface area contributed by atoms with Gasteiger partial charge in [-0.05, 0) is 12.5 Å². The number of carboxylic acids is 1. The van der Waals surface area contributed by atoms with E-state index in [0.29, 0.717) is 5.57 Å². The van der Waals surface area contributed by atoms with E-state index < -0.39 is 11.9 Å². The Hall–Kier alpha value is -1.58. The third kappa shape index (κ3) is 5.22. The van der Waals surface area contributed by atoms with Gasteiger partial charge in [0, 0.05) is 12.2 Å². The van der Waals surface area contributed by atoms with Crippen molar-refractivity contribution in [3.05, 3.63) is 23.8 Å². The molecule has 4 heteroatoms. The molecule has 0 saturated heterocycles. The summed E-state index contributed by atoms with van der Waals surface area (Å²) in [6.07, 6.45) is 3.54. The molecule has 0 aromatic heterocycles. The predicted molar refractivity (Wildman–Crippen MR) is 42.5 cm³/mol. The van der Waals surface area contributed by atoms with Crippen molar-refractivity contribution in [2.75, 3.05) is 7.11 Å². The Balaban J connectivity index is 4.17. The molecule has 0 aliphatic heterocycles. The van der Waals surface area contributed by atoms with Crippen LogP contribution in [0.1, 0.15) is 6.92 Å². The maximum atomic E-state index is 10.5. The summed E-state index contributed by atoms with van der Waals surface area (Å²) in [7, 11) is 1.25. The van der Waals surface area contributed by atoms with E-state index in [-0.39, 0.29) is 0 Å². The average molecular weight is 170 g/mol. The van der Waals surface area contributed by atoms with Gasteiger partial charge in [-0.3, -0.25) is 0 Å². The van der Waals surface area contributed by atoms with E-state index in [1.807, 2.05) is 0 Å². The molecule has 0 fully saturated rings.